The van der Waals surface area contributed by atoms with Crippen LogP contribution in [0.5, 0.6) is 0 Å². The molecule has 1 aromatic carbocycles. The smallest absolute Gasteiger partial charge is 0.0517 e. The van der Waals surface area contributed by atoms with E-state index in [-0.39, 0.29) is 0 Å². The van der Waals surface area contributed by atoms with Gasteiger partial charge in [-0.2, -0.15) is 0 Å². The summed E-state index contributed by atoms with van der Waals surface area (Å²) in [6, 6.07) is 6.36. The molecule has 0 unspecified atom stereocenters. The van der Waals surface area contributed by atoms with Gasteiger partial charge in [0.15, 0.2) is 0 Å². The molecular formula is C9H10BrN. The Bertz CT molecular complexity index is 270. The molecule has 0 saturated heterocycles. The summed E-state index contributed by atoms with van der Waals surface area (Å²) in [5, 5.41) is 3.38. The van der Waals surface area contributed by atoms with Gasteiger partial charge in [-0.05, 0) is 40.4 Å². The highest BCUT2D eigenvalue weighted by Gasteiger charge is 2.09. The average Bonchev–Trinajstić information content (AvgIpc) is 2.06. The SMILES string of the molecule is Brc1cccc2c1NCCC2. The van der Waals surface area contributed by atoms with Crippen molar-refractivity contribution in [2.75, 3.05) is 11.9 Å². The van der Waals surface area contributed by atoms with Crippen LogP contribution in [0.2, 0.25) is 0 Å². The highest BCUT2D eigenvalue weighted by Crippen LogP contribution is 2.29. The number of hydrogen-bond donors (Lipinski definition) is 1. The Kier molecular flexibility index (Phi) is 1.86. The van der Waals surface area contributed by atoms with Gasteiger partial charge >= 0.3 is 0 Å². The van der Waals surface area contributed by atoms with E-state index in [0.29, 0.717) is 0 Å². The summed E-state index contributed by atoms with van der Waals surface area (Å²) in [4.78, 5) is 0. The van der Waals surface area contributed by atoms with Gasteiger partial charge in [-0.3, -0.25) is 0 Å². The highest BCUT2D eigenvalue weighted by molar-refractivity contribution is 9.10. The van der Waals surface area contributed by atoms with Gasteiger partial charge in [-0.1, -0.05) is 12.1 Å². The Hall–Kier alpha value is -0.500. The minimum absolute atomic E-state index is 1.11. The third kappa shape index (κ3) is 1.27. The van der Waals surface area contributed by atoms with Crippen LogP contribution in [0.1, 0.15) is 12.0 Å². The van der Waals surface area contributed by atoms with Crippen molar-refractivity contribution in [1.29, 1.82) is 0 Å². The van der Waals surface area contributed by atoms with E-state index in [1.807, 2.05) is 0 Å². The number of aryl methyl sites for hydroxylation is 1. The van der Waals surface area contributed by atoms with Gasteiger partial charge in [-0.25, -0.2) is 0 Å². The molecule has 1 nitrogen and oxygen atoms in total. The van der Waals surface area contributed by atoms with Gasteiger partial charge < -0.3 is 5.32 Å². The molecule has 0 bridgehead atoms. The number of anilines is 1. The van der Waals surface area contributed by atoms with E-state index in [9.17, 15) is 0 Å². The highest BCUT2D eigenvalue weighted by atomic mass is 79.9. The van der Waals surface area contributed by atoms with E-state index in [0.717, 1.165) is 6.54 Å². The first-order valence-corrected chi connectivity index (χ1v) is 4.68. The number of benzene rings is 1. The first-order valence-electron chi connectivity index (χ1n) is 3.89. The minimum Gasteiger partial charge on any atom is -0.384 e. The second-order valence-electron chi connectivity index (χ2n) is 2.80. The van der Waals surface area contributed by atoms with Crippen LogP contribution in [-0.4, -0.2) is 6.54 Å². The molecule has 1 N–H and O–H groups in total. The predicted octanol–water partition coefficient (Wildman–Crippen LogP) is 2.81. The standard InChI is InChI=1S/C9H10BrN/c10-8-5-1-3-7-4-2-6-11-9(7)8/h1,3,5,11H,2,4,6H2. The molecule has 1 aliphatic heterocycles. The Morgan fingerprint density at radius 1 is 1.36 bits per heavy atom. The van der Waals surface area contributed by atoms with E-state index in [1.165, 1.54) is 28.6 Å². The topological polar surface area (TPSA) is 12.0 Å². The fourth-order valence-electron chi connectivity index (χ4n) is 1.47. The third-order valence-electron chi connectivity index (χ3n) is 2.02. The maximum Gasteiger partial charge on any atom is 0.0517 e. The van der Waals surface area contributed by atoms with Gasteiger partial charge in [0.2, 0.25) is 0 Å². The molecule has 1 aliphatic rings. The summed E-state index contributed by atoms with van der Waals surface area (Å²) >= 11 is 3.52. The predicted molar refractivity (Wildman–Crippen MR) is 51.0 cm³/mol. The van der Waals surface area contributed by atoms with Crippen molar-refractivity contribution in [3.8, 4) is 0 Å². The lowest BCUT2D eigenvalue weighted by molar-refractivity contribution is 0.829. The average molecular weight is 212 g/mol. The van der Waals surface area contributed by atoms with Gasteiger partial charge in [0.1, 0.15) is 0 Å². The van der Waals surface area contributed by atoms with Crippen LogP contribution in [0.15, 0.2) is 22.7 Å². The van der Waals surface area contributed by atoms with E-state index in [2.05, 4.69) is 39.4 Å². The van der Waals surface area contributed by atoms with Crippen LogP contribution < -0.4 is 5.32 Å². The molecule has 1 heterocycles. The monoisotopic (exact) mass is 211 g/mol. The lowest BCUT2D eigenvalue weighted by Gasteiger charge is -2.18. The van der Waals surface area contributed by atoms with Gasteiger partial charge in [-0.15, -0.1) is 0 Å². The molecule has 0 atom stereocenters. The van der Waals surface area contributed by atoms with Crippen LogP contribution in [0.25, 0.3) is 0 Å². The summed E-state index contributed by atoms with van der Waals surface area (Å²) in [7, 11) is 0. The van der Waals surface area contributed by atoms with E-state index < -0.39 is 0 Å². The second-order valence-corrected chi connectivity index (χ2v) is 3.66. The van der Waals surface area contributed by atoms with Crippen LogP contribution >= 0.6 is 15.9 Å². The van der Waals surface area contributed by atoms with Crippen LogP contribution in [-0.2, 0) is 6.42 Å². The number of rotatable bonds is 0. The minimum atomic E-state index is 1.11. The summed E-state index contributed by atoms with van der Waals surface area (Å²) in [6.07, 6.45) is 2.46. The maximum atomic E-state index is 3.52. The molecule has 11 heavy (non-hydrogen) atoms. The van der Waals surface area contributed by atoms with Gasteiger partial charge in [0.05, 0.1) is 5.69 Å². The molecule has 0 fully saturated rings. The number of halogens is 1. The molecule has 2 heteroatoms. The number of para-hydroxylation sites is 1. The lowest BCUT2D eigenvalue weighted by Crippen LogP contribution is -2.11. The zero-order valence-corrected chi connectivity index (χ0v) is 7.82. The number of nitrogens with one attached hydrogen (secondary N) is 1. The summed E-state index contributed by atoms with van der Waals surface area (Å²) in [5.74, 6) is 0. The Balaban J connectivity index is 2.49. The van der Waals surface area contributed by atoms with E-state index in [4.69, 9.17) is 0 Å². The van der Waals surface area contributed by atoms with E-state index in [1.54, 1.807) is 0 Å². The molecule has 1 aromatic rings. The van der Waals surface area contributed by atoms with Crippen molar-refractivity contribution in [3.63, 3.8) is 0 Å². The van der Waals surface area contributed by atoms with Crippen molar-refractivity contribution in [1.82, 2.24) is 0 Å². The molecule has 0 aliphatic carbocycles. The molecular weight excluding hydrogens is 202 g/mol. The Labute approximate surface area is 74.9 Å². The normalized spacial score (nSPS) is 15.4. The summed E-state index contributed by atoms with van der Waals surface area (Å²) < 4.78 is 1.19. The quantitative estimate of drug-likeness (QED) is 0.697. The van der Waals surface area contributed by atoms with Crippen LogP contribution in [0.4, 0.5) is 5.69 Å². The maximum absolute atomic E-state index is 3.52. The lowest BCUT2D eigenvalue weighted by atomic mass is 10.0. The third-order valence-corrected chi connectivity index (χ3v) is 2.69. The van der Waals surface area contributed by atoms with E-state index >= 15 is 0 Å². The summed E-state index contributed by atoms with van der Waals surface area (Å²) in [5.41, 5.74) is 2.73. The second kappa shape index (κ2) is 2.86. The molecule has 0 radical (unpaired) electrons. The summed E-state index contributed by atoms with van der Waals surface area (Å²) in [6.45, 7) is 1.11. The van der Waals surface area contributed by atoms with Crippen LogP contribution in [0, 0.1) is 0 Å². The largest absolute Gasteiger partial charge is 0.384 e. The molecule has 2 rings (SSSR count). The molecule has 58 valence electrons. The Morgan fingerprint density at radius 2 is 2.27 bits per heavy atom. The van der Waals surface area contributed by atoms with Gasteiger partial charge in [0, 0.05) is 11.0 Å². The van der Waals surface area contributed by atoms with Crippen molar-refractivity contribution < 1.29 is 0 Å². The van der Waals surface area contributed by atoms with Crippen molar-refractivity contribution in [2.45, 2.75) is 12.8 Å². The molecule has 0 saturated carbocycles. The number of hydrogen-bond acceptors (Lipinski definition) is 1. The van der Waals surface area contributed by atoms with Crippen LogP contribution in [0.3, 0.4) is 0 Å². The fourth-order valence-corrected chi connectivity index (χ4v) is 2.01. The van der Waals surface area contributed by atoms with Gasteiger partial charge in [0.25, 0.3) is 0 Å². The van der Waals surface area contributed by atoms with Crippen molar-refractivity contribution >= 4 is 21.6 Å². The zero-order chi connectivity index (χ0) is 7.68. The Morgan fingerprint density at radius 3 is 3.09 bits per heavy atom. The first-order chi connectivity index (χ1) is 5.38. The molecule has 0 amide bonds. The molecule has 0 aromatic heterocycles. The first kappa shape index (κ1) is 7.17. The van der Waals surface area contributed by atoms with Crippen molar-refractivity contribution in [2.24, 2.45) is 0 Å². The van der Waals surface area contributed by atoms with Crippen molar-refractivity contribution in [3.05, 3.63) is 28.2 Å². The fraction of sp³-hybridized carbons (Fsp3) is 0.333. The zero-order valence-electron chi connectivity index (χ0n) is 6.23. The molecule has 0 spiro atoms. The number of fused-ring (bicyclic) bond motifs is 1.